The van der Waals surface area contributed by atoms with Crippen LogP contribution in [0.25, 0.3) is 0 Å². The summed E-state index contributed by atoms with van der Waals surface area (Å²) in [4.78, 5) is 103. The molecule has 5 N–H and O–H groups in total. The van der Waals surface area contributed by atoms with E-state index in [1.807, 2.05) is 0 Å². The number of carbonyl (C=O) groups is 7. The molecule has 5 amide bonds. The summed E-state index contributed by atoms with van der Waals surface area (Å²) in [6.45, 7) is 9.13. The van der Waals surface area contributed by atoms with E-state index < -0.39 is 77.4 Å². The molecule has 1 saturated heterocycles. The standard InChI is InChI=1S/C38H51N7O8/c1-6-11-26(32(46)36(50)42-27(38(52)53)18-23-12-8-7-9-13-23)41-35(49)31-25-15-10-14-24(25)20-45(31)37(51)30(22(4)5)44-34(48)29(21(2)3)43-33(47)28-19-39-16-17-40-28/h7-9,12-13,16-17,19,21-22,24-27,29-31H,6,10-11,14-15,18,20H2,1-5H3,(H,41,49)(H,42,50)(H,43,47)(H,44,48)(H,52,53)/t24-,25-,26?,27+,29+,30?,31-/m0/s1. The maximum absolute atomic E-state index is 14.3. The van der Waals surface area contributed by atoms with Crippen molar-refractivity contribution in [1.29, 1.82) is 0 Å². The first-order valence-corrected chi connectivity index (χ1v) is 18.3. The van der Waals surface area contributed by atoms with E-state index in [0.717, 1.165) is 12.8 Å². The molecule has 2 fully saturated rings. The number of fused-ring (bicyclic) bond motifs is 1. The van der Waals surface area contributed by atoms with E-state index in [2.05, 4.69) is 31.2 Å². The zero-order valence-electron chi connectivity index (χ0n) is 30.9. The van der Waals surface area contributed by atoms with Crippen molar-refractivity contribution < 1.29 is 38.7 Å². The fraction of sp³-hybridized carbons (Fsp3) is 0.553. The minimum Gasteiger partial charge on any atom is -0.480 e. The van der Waals surface area contributed by atoms with Crippen LogP contribution in [-0.2, 0) is 35.2 Å². The second-order valence-electron chi connectivity index (χ2n) is 14.6. The number of aromatic nitrogens is 2. The highest BCUT2D eigenvalue weighted by atomic mass is 16.4. The number of aliphatic carboxylic acids is 1. The Morgan fingerprint density at radius 2 is 1.57 bits per heavy atom. The number of nitrogens with zero attached hydrogens (tertiary/aromatic N) is 3. The number of hydrogen-bond acceptors (Lipinski definition) is 9. The number of rotatable bonds is 17. The number of benzene rings is 1. The Morgan fingerprint density at radius 1 is 0.868 bits per heavy atom. The fourth-order valence-electron chi connectivity index (χ4n) is 7.22. The highest BCUT2D eigenvalue weighted by Crippen LogP contribution is 2.42. The second-order valence-corrected chi connectivity index (χ2v) is 14.6. The lowest BCUT2D eigenvalue weighted by Gasteiger charge is -2.34. The molecule has 2 aromatic rings. The van der Waals surface area contributed by atoms with Crippen LogP contribution in [0.4, 0.5) is 0 Å². The Labute approximate surface area is 309 Å². The van der Waals surface area contributed by atoms with Gasteiger partial charge in [0.05, 0.1) is 12.2 Å². The van der Waals surface area contributed by atoms with Crippen LogP contribution in [0.15, 0.2) is 48.9 Å². The van der Waals surface area contributed by atoms with Crippen molar-refractivity contribution in [3.8, 4) is 0 Å². The van der Waals surface area contributed by atoms with Gasteiger partial charge in [-0.3, -0.25) is 33.8 Å². The number of amides is 5. The average Bonchev–Trinajstić information content (AvgIpc) is 3.74. The summed E-state index contributed by atoms with van der Waals surface area (Å²) in [6, 6.07) is 3.07. The first-order valence-electron chi connectivity index (χ1n) is 18.3. The monoisotopic (exact) mass is 733 g/mol. The lowest BCUT2D eigenvalue weighted by molar-refractivity contribution is -0.146. The maximum Gasteiger partial charge on any atom is 0.326 e. The van der Waals surface area contributed by atoms with Crippen molar-refractivity contribution >= 4 is 41.3 Å². The number of likely N-dealkylation sites (tertiary alicyclic amines) is 1. The van der Waals surface area contributed by atoms with E-state index in [4.69, 9.17) is 0 Å². The van der Waals surface area contributed by atoms with E-state index >= 15 is 0 Å². The lowest BCUT2D eigenvalue weighted by atomic mass is 9.92. The third-order valence-corrected chi connectivity index (χ3v) is 10.0. The average molecular weight is 734 g/mol. The van der Waals surface area contributed by atoms with Crippen LogP contribution in [0.1, 0.15) is 82.8 Å². The molecule has 0 radical (unpaired) electrons. The first-order chi connectivity index (χ1) is 25.2. The molecule has 2 heterocycles. The van der Waals surface area contributed by atoms with Gasteiger partial charge in [-0.05, 0) is 48.5 Å². The van der Waals surface area contributed by atoms with E-state index in [0.29, 0.717) is 18.4 Å². The van der Waals surface area contributed by atoms with Crippen molar-refractivity contribution in [1.82, 2.24) is 36.1 Å². The van der Waals surface area contributed by atoms with Crippen LogP contribution in [0.2, 0.25) is 0 Å². The Kier molecular flexibility index (Phi) is 14.2. The summed E-state index contributed by atoms with van der Waals surface area (Å²) in [6.07, 6.45) is 6.93. The molecule has 1 aromatic carbocycles. The van der Waals surface area contributed by atoms with Crippen molar-refractivity contribution in [3.63, 3.8) is 0 Å². The van der Waals surface area contributed by atoms with Crippen molar-refractivity contribution in [2.24, 2.45) is 23.7 Å². The molecule has 1 aliphatic heterocycles. The quantitative estimate of drug-likeness (QED) is 0.148. The molecule has 1 aromatic heterocycles. The predicted octanol–water partition coefficient (Wildman–Crippen LogP) is 1.67. The summed E-state index contributed by atoms with van der Waals surface area (Å²) >= 11 is 0. The van der Waals surface area contributed by atoms with Gasteiger partial charge in [0.25, 0.3) is 11.8 Å². The third kappa shape index (κ3) is 10.2. The Balaban J connectivity index is 1.50. The Hall–Kier alpha value is -5.21. The van der Waals surface area contributed by atoms with Crippen molar-refractivity contribution in [2.75, 3.05) is 6.54 Å². The van der Waals surface area contributed by atoms with Gasteiger partial charge in [-0.15, -0.1) is 0 Å². The highest BCUT2D eigenvalue weighted by Gasteiger charge is 2.51. The van der Waals surface area contributed by atoms with Gasteiger partial charge in [0.2, 0.25) is 23.5 Å². The van der Waals surface area contributed by atoms with Crippen LogP contribution < -0.4 is 21.3 Å². The van der Waals surface area contributed by atoms with Crippen LogP contribution in [0.5, 0.6) is 0 Å². The number of carboxylic acids is 1. The van der Waals surface area contributed by atoms with Gasteiger partial charge in [-0.2, -0.15) is 0 Å². The Morgan fingerprint density at radius 3 is 2.17 bits per heavy atom. The Bertz CT molecular complexity index is 1640. The zero-order valence-corrected chi connectivity index (χ0v) is 30.9. The molecule has 0 bridgehead atoms. The summed E-state index contributed by atoms with van der Waals surface area (Å²) < 4.78 is 0. The molecule has 4 rings (SSSR count). The van der Waals surface area contributed by atoms with Crippen molar-refractivity contribution in [2.45, 2.75) is 103 Å². The first kappa shape index (κ1) is 40.6. The van der Waals surface area contributed by atoms with Gasteiger partial charge in [0.1, 0.15) is 29.9 Å². The van der Waals surface area contributed by atoms with Crippen LogP contribution in [0.3, 0.4) is 0 Å². The zero-order chi connectivity index (χ0) is 38.8. The van der Waals surface area contributed by atoms with Gasteiger partial charge in [0, 0.05) is 25.4 Å². The smallest absolute Gasteiger partial charge is 0.326 e. The molecule has 53 heavy (non-hydrogen) atoms. The normalized spacial score (nSPS) is 20.1. The number of carboxylic acid groups (broad SMARTS) is 1. The highest BCUT2D eigenvalue weighted by molar-refractivity contribution is 6.38. The molecule has 286 valence electrons. The maximum atomic E-state index is 14.3. The van der Waals surface area contributed by atoms with Crippen LogP contribution in [-0.4, -0.2) is 98.0 Å². The van der Waals surface area contributed by atoms with E-state index in [9.17, 15) is 38.7 Å². The molecule has 2 unspecified atom stereocenters. The number of Topliss-reactive ketones (excluding diaryl/α,β-unsaturated/α-hetero) is 1. The largest absolute Gasteiger partial charge is 0.480 e. The molecule has 0 spiro atoms. The van der Waals surface area contributed by atoms with Gasteiger partial charge in [0.15, 0.2) is 0 Å². The van der Waals surface area contributed by atoms with E-state index in [1.54, 1.807) is 65.0 Å². The van der Waals surface area contributed by atoms with Gasteiger partial charge in [-0.25, -0.2) is 9.78 Å². The molecule has 1 aliphatic carbocycles. The van der Waals surface area contributed by atoms with Gasteiger partial charge < -0.3 is 31.3 Å². The molecular formula is C38H51N7O8. The third-order valence-electron chi connectivity index (χ3n) is 10.0. The summed E-state index contributed by atoms with van der Waals surface area (Å²) in [5.41, 5.74) is 0.691. The number of ketones is 1. The second kappa shape index (κ2) is 18.5. The minimum atomic E-state index is -1.37. The predicted molar refractivity (Wildman–Crippen MR) is 193 cm³/mol. The topological polar surface area (TPSA) is 217 Å². The number of hydrogen-bond donors (Lipinski definition) is 5. The number of carbonyl (C=O) groups excluding carboxylic acids is 6. The van der Waals surface area contributed by atoms with Crippen LogP contribution >= 0.6 is 0 Å². The molecule has 7 atom stereocenters. The van der Waals surface area contributed by atoms with E-state index in [1.165, 1.54) is 23.5 Å². The SMILES string of the molecule is CCCC(NC(=O)[C@@H]1[C@H]2CCC[C@H]2CN1C(=O)C(NC(=O)[C@H](NC(=O)c1cnccn1)C(C)C)C(C)C)C(=O)C(=O)N[C@H](Cc1ccccc1)C(=O)O. The summed E-state index contributed by atoms with van der Waals surface area (Å²) in [7, 11) is 0. The summed E-state index contributed by atoms with van der Waals surface area (Å²) in [5.74, 6) is -6.53. The van der Waals surface area contributed by atoms with Crippen molar-refractivity contribution in [3.05, 3.63) is 60.2 Å². The molecule has 2 aliphatic rings. The minimum absolute atomic E-state index is 0.0332. The van der Waals surface area contributed by atoms with Gasteiger partial charge in [-0.1, -0.05) is 77.8 Å². The molecule has 15 heteroatoms. The van der Waals surface area contributed by atoms with Crippen LogP contribution in [0, 0.1) is 23.7 Å². The summed E-state index contributed by atoms with van der Waals surface area (Å²) in [5, 5.41) is 20.3. The lowest BCUT2D eigenvalue weighted by Crippen LogP contribution is -2.60. The van der Waals surface area contributed by atoms with Gasteiger partial charge >= 0.3 is 5.97 Å². The molecule has 15 nitrogen and oxygen atoms in total. The molecular weight excluding hydrogens is 682 g/mol. The molecule has 1 saturated carbocycles. The fourth-order valence-corrected chi connectivity index (χ4v) is 7.22. The number of nitrogens with one attached hydrogen (secondary N) is 4. The van der Waals surface area contributed by atoms with E-state index in [-0.39, 0.29) is 42.8 Å².